The van der Waals surface area contributed by atoms with Crippen LogP contribution in [-0.2, 0) is 16.3 Å². The van der Waals surface area contributed by atoms with Crippen molar-refractivity contribution in [3.8, 4) is 0 Å². The monoisotopic (exact) mass is 348 g/mol. The Bertz CT molecular complexity index is 702. The van der Waals surface area contributed by atoms with E-state index in [1.54, 1.807) is 0 Å². The molecule has 1 aromatic rings. The van der Waals surface area contributed by atoms with Crippen LogP contribution in [0.1, 0.15) is 42.7 Å². The second-order valence-electron chi connectivity index (χ2n) is 7.79. The predicted octanol–water partition coefficient (Wildman–Crippen LogP) is 2.44. The van der Waals surface area contributed by atoms with E-state index in [1.165, 1.54) is 36.2 Å². The first-order valence-corrected chi connectivity index (χ1v) is 11.1. The van der Waals surface area contributed by atoms with E-state index in [2.05, 4.69) is 35.0 Å². The SMILES string of the molecule is CN1CCC[C@@H]1CN1CCc2ccc(C3CCS(=O)(=O)CC3)cc21. The van der Waals surface area contributed by atoms with Gasteiger partial charge in [-0.3, -0.25) is 0 Å². The van der Waals surface area contributed by atoms with E-state index in [9.17, 15) is 8.42 Å². The van der Waals surface area contributed by atoms with E-state index < -0.39 is 9.84 Å². The quantitative estimate of drug-likeness (QED) is 0.841. The Labute approximate surface area is 145 Å². The molecule has 0 radical (unpaired) electrons. The molecule has 5 heteroatoms. The Morgan fingerprint density at radius 2 is 1.92 bits per heavy atom. The maximum atomic E-state index is 11.7. The van der Waals surface area contributed by atoms with Crippen LogP contribution in [-0.4, -0.2) is 57.5 Å². The molecular formula is C19H28N2O2S. The van der Waals surface area contributed by atoms with E-state index in [0.717, 1.165) is 32.4 Å². The molecule has 3 aliphatic heterocycles. The maximum Gasteiger partial charge on any atom is 0.150 e. The van der Waals surface area contributed by atoms with Gasteiger partial charge in [-0.1, -0.05) is 12.1 Å². The zero-order valence-electron chi connectivity index (χ0n) is 14.6. The van der Waals surface area contributed by atoms with Crippen LogP contribution < -0.4 is 4.90 Å². The van der Waals surface area contributed by atoms with Gasteiger partial charge in [-0.05, 0) is 68.8 Å². The van der Waals surface area contributed by atoms with Crippen LogP contribution in [0.25, 0.3) is 0 Å². The van der Waals surface area contributed by atoms with E-state index >= 15 is 0 Å². The lowest BCUT2D eigenvalue weighted by atomic mass is 9.92. The van der Waals surface area contributed by atoms with Crippen LogP contribution in [0.15, 0.2) is 18.2 Å². The molecule has 4 rings (SSSR count). The molecule has 1 atom stereocenters. The Hall–Kier alpha value is -1.07. The number of sulfone groups is 1. The Balaban J connectivity index is 1.51. The summed E-state index contributed by atoms with van der Waals surface area (Å²) < 4.78 is 23.4. The Morgan fingerprint density at radius 3 is 2.62 bits per heavy atom. The number of fused-ring (bicyclic) bond motifs is 1. The Kier molecular flexibility index (Phi) is 4.33. The van der Waals surface area contributed by atoms with E-state index in [-0.39, 0.29) is 0 Å². The van der Waals surface area contributed by atoms with E-state index in [1.807, 2.05) is 0 Å². The number of benzene rings is 1. The van der Waals surface area contributed by atoms with Crippen molar-refractivity contribution < 1.29 is 8.42 Å². The molecule has 0 bridgehead atoms. The zero-order valence-corrected chi connectivity index (χ0v) is 15.4. The third-order valence-corrected chi connectivity index (χ3v) is 7.95. The Morgan fingerprint density at radius 1 is 1.12 bits per heavy atom. The largest absolute Gasteiger partial charge is 0.369 e. The molecule has 0 saturated carbocycles. The zero-order chi connectivity index (χ0) is 16.7. The fraction of sp³-hybridized carbons (Fsp3) is 0.684. The number of anilines is 1. The topological polar surface area (TPSA) is 40.6 Å². The minimum absolute atomic E-state index is 0.353. The highest BCUT2D eigenvalue weighted by atomic mass is 32.2. The average molecular weight is 349 g/mol. The van der Waals surface area contributed by atoms with E-state index in [4.69, 9.17) is 0 Å². The standard InChI is InChI=1S/C19H28N2O2S/c1-20-9-2-3-18(20)14-21-10-6-16-4-5-17(13-19(16)21)15-7-11-24(22,23)12-8-15/h4-5,13,15,18H,2-3,6-12,14H2,1H3/t18-/m1/s1. The highest BCUT2D eigenvalue weighted by Gasteiger charge is 2.29. The molecule has 0 aromatic heterocycles. The first-order valence-electron chi connectivity index (χ1n) is 9.30. The molecule has 0 unspecified atom stereocenters. The van der Waals surface area contributed by atoms with Crippen molar-refractivity contribution in [1.82, 2.24) is 4.90 Å². The van der Waals surface area contributed by atoms with Crippen LogP contribution >= 0.6 is 0 Å². The smallest absolute Gasteiger partial charge is 0.150 e. The highest BCUT2D eigenvalue weighted by molar-refractivity contribution is 7.91. The summed E-state index contributed by atoms with van der Waals surface area (Å²) in [6, 6.07) is 7.57. The molecular weight excluding hydrogens is 320 g/mol. The molecule has 4 nitrogen and oxygen atoms in total. The summed E-state index contributed by atoms with van der Waals surface area (Å²) in [4.78, 5) is 5.05. The van der Waals surface area contributed by atoms with Gasteiger partial charge in [0.25, 0.3) is 0 Å². The highest BCUT2D eigenvalue weighted by Crippen LogP contribution is 2.36. The number of hydrogen-bond donors (Lipinski definition) is 0. The molecule has 3 aliphatic rings. The fourth-order valence-corrected chi connectivity index (χ4v) is 6.09. The molecule has 1 aromatic carbocycles. The fourth-order valence-electron chi connectivity index (χ4n) is 4.59. The maximum absolute atomic E-state index is 11.7. The van der Waals surface area contributed by atoms with Gasteiger partial charge in [0, 0.05) is 24.8 Å². The van der Waals surface area contributed by atoms with Crippen LogP contribution in [0.2, 0.25) is 0 Å². The van der Waals surface area contributed by atoms with Crippen LogP contribution in [0, 0.1) is 0 Å². The first-order chi connectivity index (χ1) is 11.5. The summed E-state index contributed by atoms with van der Waals surface area (Å²) in [5.74, 6) is 1.12. The third-order valence-electron chi connectivity index (χ3n) is 6.23. The summed E-state index contributed by atoms with van der Waals surface area (Å²) in [5, 5.41) is 0. The number of likely N-dealkylation sites (N-methyl/N-ethyl adjacent to an activating group) is 1. The van der Waals surface area contributed by atoms with E-state index in [0.29, 0.717) is 23.5 Å². The summed E-state index contributed by atoms with van der Waals surface area (Å²) in [6.45, 7) is 3.48. The minimum Gasteiger partial charge on any atom is -0.369 e. The molecule has 0 aliphatic carbocycles. The first kappa shape index (κ1) is 16.4. The molecule has 3 heterocycles. The number of likely N-dealkylation sites (tertiary alicyclic amines) is 1. The normalized spacial score (nSPS) is 27.5. The predicted molar refractivity (Wildman–Crippen MR) is 98.6 cm³/mol. The second-order valence-corrected chi connectivity index (χ2v) is 10.1. The average Bonchev–Trinajstić information content (AvgIpc) is 3.14. The number of hydrogen-bond acceptors (Lipinski definition) is 4. The molecule has 0 amide bonds. The van der Waals surface area contributed by atoms with Crippen molar-refractivity contribution in [3.05, 3.63) is 29.3 Å². The van der Waals surface area contributed by atoms with Crippen molar-refractivity contribution in [1.29, 1.82) is 0 Å². The van der Waals surface area contributed by atoms with Crippen LogP contribution in [0.5, 0.6) is 0 Å². The third kappa shape index (κ3) is 3.21. The van der Waals surface area contributed by atoms with Gasteiger partial charge in [0.2, 0.25) is 0 Å². The molecule has 132 valence electrons. The molecule has 0 spiro atoms. The van der Waals surface area contributed by atoms with Crippen molar-refractivity contribution >= 4 is 15.5 Å². The lowest BCUT2D eigenvalue weighted by molar-refractivity contribution is 0.312. The summed E-state index contributed by atoms with van der Waals surface area (Å²) in [7, 11) is -0.540. The van der Waals surface area contributed by atoms with Gasteiger partial charge in [0.15, 0.2) is 0 Å². The molecule has 0 N–H and O–H groups in total. The summed E-state index contributed by atoms with van der Waals surface area (Å²) in [6.07, 6.45) is 5.34. The van der Waals surface area contributed by atoms with Gasteiger partial charge in [0.1, 0.15) is 9.84 Å². The minimum atomic E-state index is -2.78. The molecule has 2 fully saturated rings. The summed E-state index contributed by atoms with van der Waals surface area (Å²) >= 11 is 0. The number of nitrogens with zero attached hydrogens (tertiary/aromatic N) is 2. The van der Waals surface area contributed by atoms with Gasteiger partial charge in [-0.2, -0.15) is 0 Å². The van der Waals surface area contributed by atoms with Crippen molar-refractivity contribution in [2.75, 3.05) is 43.1 Å². The van der Waals surface area contributed by atoms with Gasteiger partial charge in [-0.15, -0.1) is 0 Å². The number of rotatable bonds is 3. The van der Waals surface area contributed by atoms with Gasteiger partial charge < -0.3 is 9.80 Å². The van der Waals surface area contributed by atoms with Crippen LogP contribution in [0.4, 0.5) is 5.69 Å². The van der Waals surface area contributed by atoms with Gasteiger partial charge >= 0.3 is 0 Å². The van der Waals surface area contributed by atoms with Crippen LogP contribution in [0.3, 0.4) is 0 Å². The summed E-state index contributed by atoms with van der Waals surface area (Å²) in [5.41, 5.74) is 4.21. The lowest BCUT2D eigenvalue weighted by Crippen LogP contribution is -2.37. The van der Waals surface area contributed by atoms with Crippen molar-refractivity contribution in [3.63, 3.8) is 0 Å². The van der Waals surface area contributed by atoms with Gasteiger partial charge in [-0.25, -0.2) is 8.42 Å². The lowest BCUT2D eigenvalue weighted by Gasteiger charge is -2.28. The van der Waals surface area contributed by atoms with Crippen molar-refractivity contribution in [2.45, 2.75) is 44.1 Å². The van der Waals surface area contributed by atoms with Crippen molar-refractivity contribution in [2.24, 2.45) is 0 Å². The molecule has 2 saturated heterocycles. The molecule has 24 heavy (non-hydrogen) atoms. The second kappa shape index (κ2) is 6.34. The van der Waals surface area contributed by atoms with Gasteiger partial charge in [0.05, 0.1) is 11.5 Å².